The molecular weight excluding hydrogens is 765 g/mol. The number of carbonyl (C=O) groups is 3. The monoisotopic (exact) mass is 818 g/mol. The molecule has 10 heterocycles. The molecule has 8 aliphatic rings. The van der Waals surface area contributed by atoms with Gasteiger partial charge < -0.3 is 33.9 Å². The second-order valence-corrected chi connectivity index (χ2v) is 16.3. The van der Waals surface area contributed by atoms with E-state index in [9.17, 15) is 14.4 Å². The molecule has 8 aliphatic heterocycles. The summed E-state index contributed by atoms with van der Waals surface area (Å²) in [7, 11) is 0. The van der Waals surface area contributed by atoms with E-state index < -0.39 is 11.9 Å². The van der Waals surface area contributed by atoms with Crippen molar-refractivity contribution in [1.82, 2.24) is 30.0 Å². The molecule has 2 aromatic carbocycles. The van der Waals surface area contributed by atoms with Crippen molar-refractivity contribution < 1.29 is 38.1 Å². The van der Waals surface area contributed by atoms with Crippen molar-refractivity contribution in [2.75, 3.05) is 39.4 Å². The molecule has 1 N–H and O–H groups in total. The van der Waals surface area contributed by atoms with E-state index in [0.717, 1.165) is 56.0 Å². The van der Waals surface area contributed by atoms with E-state index in [1.165, 1.54) is 50.8 Å². The first kappa shape index (κ1) is 41.2. The number of hydrogen-bond donors (Lipinski definition) is 1. The molecule has 2 aromatic heterocycles. The molecule has 14 nitrogen and oxygen atoms in total. The summed E-state index contributed by atoms with van der Waals surface area (Å²) in [5.41, 5.74) is 4.90. The van der Waals surface area contributed by atoms with Crippen LogP contribution < -0.4 is 24.3 Å². The molecule has 0 saturated carbocycles. The topological polar surface area (TPSA) is 145 Å². The first-order valence-corrected chi connectivity index (χ1v) is 21.0. The van der Waals surface area contributed by atoms with Gasteiger partial charge in [0.15, 0.2) is 23.7 Å². The van der Waals surface area contributed by atoms with Crippen LogP contribution in [0.3, 0.4) is 0 Å². The van der Waals surface area contributed by atoms with E-state index >= 15 is 0 Å². The van der Waals surface area contributed by atoms with Gasteiger partial charge in [0.05, 0.1) is 0 Å². The van der Waals surface area contributed by atoms with Crippen LogP contribution in [0.5, 0.6) is 23.3 Å². The molecule has 1 amide bonds. The van der Waals surface area contributed by atoms with Crippen LogP contribution >= 0.6 is 0 Å². The summed E-state index contributed by atoms with van der Waals surface area (Å²) < 4.78 is 27.5. The van der Waals surface area contributed by atoms with Gasteiger partial charge >= 0.3 is 11.9 Å². The Kier molecular flexibility index (Phi) is 12.9. The lowest BCUT2D eigenvalue weighted by Crippen LogP contribution is -2.63. The van der Waals surface area contributed by atoms with Gasteiger partial charge in [0, 0.05) is 96.6 Å². The molecule has 6 fully saturated rings. The number of aromatic nitrogens is 2. The van der Waals surface area contributed by atoms with Crippen molar-refractivity contribution in [2.24, 2.45) is 0 Å². The van der Waals surface area contributed by atoms with Gasteiger partial charge in [-0.2, -0.15) is 0 Å². The Hall–Kier alpha value is -5.57. The van der Waals surface area contributed by atoms with Gasteiger partial charge in [0.2, 0.25) is 5.91 Å². The fourth-order valence-electron chi connectivity index (χ4n) is 8.98. The number of benzene rings is 2. The average molecular weight is 819 g/mol. The highest BCUT2D eigenvalue weighted by molar-refractivity contribution is 5.82. The normalized spacial score (nSPS) is 24.9. The predicted molar refractivity (Wildman–Crippen MR) is 221 cm³/mol. The Balaban J connectivity index is 0.000000145. The molecule has 6 saturated heterocycles. The first-order chi connectivity index (χ1) is 29.1. The third kappa shape index (κ3) is 10.1. The maximum atomic E-state index is 11.8. The van der Waals surface area contributed by atoms with E-state index in [1.807, 2.05) is 24.3 Å². The summed E-state index contributed by atoms with van der Waals surface area (Å²) in [5.74, 6) is 1.66. The molecule has 0 radical (unpaired) electrons. The van der Waals surface area contributed by atoms with Gasteiger partial charge in [0.25, 0.3) is 11.8 Å². The number of hydrogen-bond acceptors (Lipinski definition) is 13. The third-order valence-electron chi connectivity index (χ3n) is 12.0. The summed E-state index contributed by atoms with van der Waals surface area (Å²) in [4.78, 5) is 47.1. The van der Waals surface area contributed by atoms with Crippen molar-refractivity contribution in [3.05, 3.63) is 107 Å². The highest BCUT2D eigenvalue weighted by Gasteiger charge is 2.40. The zero-order chi connectivity index (χ0) is 41.6. The molecule has 316 valence electrons. The number of esters is 2. The summed E-state index contributed by atoms with van der Waals surface area (Å²) in [6.45, 7) is 11.2. The van der Waals surface area contributed by atoms with Crippen molar-refractivity contribution in [3.8, 4) is 23.3 Å². The quantitative estimate of drug-likeness (QED) is 0.196. The molecule has 60 heavy (non-hydrogen) atoms. The van der Waals surface area contributed by atoms with Crippen molar-refractivity contribution in [1.29, 1.82) is 0 Å². The second kappa shape index (κ2) is 18.8. The number of carbonyl (C=O) groups excluding carboxylic acids is 3. The number of ether oxygens (including phenoxy) is 5. The van der Waals surface area contributed by atoms with E-state index in [4.69, 9.17) is 18.9 Å². The molecule has 0 spiro atoms. The van der Waals surface area contributed by atoms with Crippen LogP contribution in [-0.4, -0.2) is 106 Å². The van der Waals surface area contributed by atoms with E-state index in [1.54, 1.807) is 19.3 Å². The maximum absolute atomic E-state index is 11.8. The van der Waals surface area contributed by atoms with Gasteiger partial charge in [-0.25, -0.2) is 9.97 Å². The van der Waals surface area contributed by atoms with Gasteiger partial charge in [0.1, 0.15) is 13.2 Å². The van der Waals surface area contributed by atoms with Gasteiger partial charge in [-0.15, -0.1) is 0 Å². The molecule has 6 atom stereocenters. The first-order valence-electron chi connectivity index (χ1n) is 21.0. The van der Waals surface area contributed by atoms with Crippen molar-refractivity contribution in [2.45, 2.75) is 95.9 Å². The van der Waals surface area contributed by atoms with E-state index in [0.29, 0.717) is 54.9 Å². The minimum Gasteiger partial charge on any atom is -0.484 e. The minimum atomic E-state index is -0.562. The number of amides is 1. The lowest BCUT2D eigenvalue weighted by molar-refractivity contribution is -0.156. The standard InChI is InChI=1S/C22H25N3O3.C20H23N3O2.C4H6O3/c1-15(26)25-13-18-8-9-19(25)12-24(18)11-16-4-6-17(7-5-16)21-14-27-20-3-2-10-23-22(20)28-21;1-2-18-20(21-9-1)25-19(13-24-18)15-5-3-14(4-6-15)11-23-12-16-7-8-17(23)10-22-16;1-3(5)7-4(2)6/h2-7,10,18-19,21H,8-9,11-14H2,1H3;1-6,9,16-17,19,22H,7-8,10-13H2;1-2H3/t18-,19-,21+;16-,17-,19+;/m00./s1. The summed E-state index contributed by atoms with van der Waals surface area (Å²) >= 11 is 0. The largest absolute Gasteiger partial charge is 0.484 e. The fraction of sp³-hybridized carbons (Fsp3) is 0.457. The number of pyridine rings is 2. The smallest absolute Gasteiger partial charge is 0.310 e. The Morgan fingerprint density at radius 2 is 1.17 bits per heavy atom. The van der Waals surface area contributed by atoms with Gasteiger partial charge in [-0.3, -0.25) is 24.2 Å². The van der Waals surface area contributed by atoms with Crippen LogP contribution in [0.15, 0.2) is 85.2 Å². The molecule has 0 aliphatic carbocycles. The Morgan fingerprint density at radius 3 is 1.58 bits per heavy atom. The SMILES string of the molecule is CC(=O)N1C[C@@H]2CC[C@H]1CN2Cc1ccc([C@H]2COc3cccnc3O2)cc1.CC(=O)OC(C)=O.c1cnc2c(c1)OC[C@H](c1ccc(CN3C[C@@H]4CC[C@H]3CN4)cc1)O2. The zero-order valence-corrected chi connectivity index (χ0v) is 34.5. The van der Waals surface area contributed by atoms with Gasteiger partial charge in [-0.1, -0.05) is 48.5 Å². The van der Waals surface area contributed by atoms with Crippen LogP contribution in [0.4, 0.5) is 0 Å². The molecule has 12 rings (SSSR count). The van der Waals surface area contributed by atoms with Crippen LogP contribution in [0, 0.1) is 0 Å². The molecule has 14 heteroatoms. The lowest BCUT2D eigenvalue weighted by atomic mass is 9.90. The number of piperidine rings is 4. The summed E-state index contributed by atoms with van der Waals surface area (Å²) in [6.07, 6.45) is 8.20. The average Bonchev–Trinajstić information content (AvgIpc) is 3.27. The van der Waals surface area contributed by atoms with Crippen molar-refractivity contribution in [3.63, 3.8) is 0 Å². The maximum Gasteiger partial charge on any atom is 0.310 e. The Bertz CT molecular complexity index is 2100. The summed E-state index contributed by atoms with van der Waals surface area (Å²) in [6, 6.07) is 27.1. The molecule has 4 bridgehead atoms. The van der Waals surface area contributed by atoms with E-state index in [-0.39, 0.29) is 18.1 Å². The number of piperazine rings is 2. The molecule has 4 aromatic rings. The fourth-order valence-corrected chi connectivity index (χ4v) is 8.98. The minimum absolute atomic E-state index is 0.0911. The molecular formula is C46H54N6O8. The number of nitrogens with zero attached hydrogens (tertiary/aromatic N) is 5. The van der Waals surface area contributed by atoms with E-state index in [2.05, 4.69) is 83.3 Å². The highest BCUT2D eigenvalue weighted by atomic mass is 16.6. The van der Waals surface area contributed by atoms with Gasteiger partial charge in [-0.05, 0) is 72.2 Å². The number of nitrogens with one attached hydrogen (secondary N) is 1. The predicted octanol–water partition coefficient (Wildman–Crippen LogP) is 5.42. The van der Waals surface area contributed by atoms with Crippen LogP contribution in [-0.2, 0) is 32.2 Å². The lowest BCUT2D eigenvalue weighted by Gasteiger charge is -2.51. The Morgan fingerprint density at radius 1 is 0.650 bits per heavy atom. The summed E-state index contributed by atoms with van der Waals surface area (Å²) in [5, 5.41) is 3.62. The van der Waals surface area contributed by atoms with Crippen LogP contribution in [0.25, 0.3) is 0 Å². The van der Waals surface area contributed by atoms with Crippen LogP contribution in [0.2, 0.25) is 0 Å². The number of fused-ring (bicyclic) bond motifs is 8. The second-order valence-electron chi connectivity index (χ2n) is 16.3. The number of rotatable bonds is 6. The zero-order valence-electron chi connectivity index (χ0n) is 34.5. The molecule has 0 unspecified atom stereocenters. The third-order valence-corrected chi connectivity index (χ3v) is 12.0. The van der Waals surface area contributed by atoms with Crippen LogP contribution in [0.1, 0.15) is 80.9 Å². The highest BCUT2D eigenvalue weighted by Crippen LogP contribution is 2.36. The van der Waals surface area contributed by atoms with Crippen molar-refractivity contribution >= 4 is 17.8 Å². The Labute approximate surface area is 351 Å².